The second-order valence-corrected chi connectivity index (χ2v) is 6.30. The summed E-state index contributed by atoms with van der Waals surface area (Å²) in [5.74, 6) is 0. The Morgan fingerprint density at radius 2 is 0.450 bits per heavy atom. The van der Waals surface area contributed by atoms with Gasteiger partial charge in [0.05, 0.1) is 0 Å². The fourth-order valence-corrected chi connectivity index (χ4v) is 2.80. The van der Waals surface area contributed by atoms with Crippen molar-refractivity contribution >= 4 is 0 Å². The molecule has 0 saturated carbocycles. The van der Waals surface area contributed by atoms with Gasteiger partial charge >= 0.3 is 17.1 Å². The first-order valence-corrected chi connectivity index (χ1v) is 9.41. The molecule has 0 nitrogen and oxygen atoms in total. The van der Waals surface area contributed by atoms with E-state index >= 15 is 0 Å². The van der Waals surface area contributed by atoms with Gasteiger partial charge < -0.3 is 0 Å². The number of hydrogen-bond acceptors (Lipinski definition) is 0. The van der Waals surface area contributed by atoms with Crippen molar-refractivity contribution < 1.29 is 17.1 Å². The minimum absolute atomic E-state index is 0. The maximum Gasteiger partial charge on any atom is 2.00 e. The van der Waals surface area contributed by atoms with Gasteiger partial charge in [0.25, 0.3) is 0 Å². The zero-order valence-electron chi connectivity index (χ0n) is 14.4. The molecule has 0 atom stereocenters. The van der Waals surface area contributed by atoms with Gasteiger partial charge in [0.15, 0.2) is 0 Å². The van der Waals surface area contributed by atoms with Crippen LogP contribution < -0.4 is 0 Å². The van der Waals surface area contributed by atoms with Crippen LogP contribution in [-0.4, -0.2) is 0 Å². The van der Waals surface area contributed by atoms with Crippen molar-refractivity contribution in [2.24, 2.45) is 0 Å². The maximum absolute atomic E-state index is 2.30. The Morgan fingerprint density at radius 3 is 0.600 bits per heavy atom. The summed E-state index contributed by atoms with van der Waals surface area (Å²) in [6.07, 6.45) is 24.9. The summed E-state index contributed by atoms with van der Waals surface area (Å²) in [7, 11) is 0. The van der Waals surface area contributed by atoms with Crippen molar-refractivity contribution in [2.45, 2.75) is 123 Å². The van der Waals surface area contributed by atoms with Crippen molar-refractivity contribution in [2.75, 3.05) is 0 Å². The molecule has 0 aliphatic heterocycles. The Bertz CT molecular complexity index is 129. The molecular formula is C19H40Mn+2. The van der Waals surface area contributed by atoms with Gasteiger partial charge in [-0.15, -0.1) is 0 Å². The summed E-state index contributed by atoms with van der Waals surface area (Å²) in [4.78, 5) is 0. The van der Waals surface area contributed by atoms with Gasteiger partial charge in [0.1, 0.15) is 0 Å². The van der Waals surface area contributed by atoms with Crippen molar-refractivity contribution in [3.63, 3.8) is 0 Å². The molecule has 0 heterocycles. The van der Waals surface area contributed by atoms with Crippen molar-refractivity contribution in [1.29, 1.82) is 0 Å². The molecule has 0 aromatic rings. The topological polar surface area (TPSA) is 0 Å². The van der Waals surface area contributed by atoms with Crippen LogP contribution in [0.4, 0.5) is 0 Å². The van der Waals surface area contributed by atoms with Gasteiger partial charge in [-0.3, -0.25) is 0 Å². The number of unbranched alkanes of at least 4 members (excludes halogenated alkanes) is 16. The van der Waals surface area contributed by atoms with Crippen LogP contribution in [0.25, 0.3) is 0 Å². The molecule has 0 spiro atoms. The summed E-state index contributed by atoms with van der Waals surface area (Å²) in [5, 5.41) is 0. The molecule has 0 bridgehead atoms. The largest absolute Gasteiger partial charge is 2.00 e. The SMILES string of the molecule is CCCCCCCCCCCCCCCCCCC.[Mn+2]. The Balaban J connectivity index is 0. The van der Waals surface area contributed by atoms with Gasteiger partial charge in [-0.2, -0.15) is 0 Å². The molecule has 0 unspecified atom stereocenters. The fourth-order valence-electron chi connectivity index (χ4n) is 2.80. The molecule has 0 aliphatic carbocycles. The van der Waals surface area contributed by atoms with Crippen LogP contribution in [0.5, 0.6) is 0 Å². The van der Waals surface area contributed by atoms with Crippen molar-refractivity contribution in [3.8, 4) is 0 Å². The summed E-state index contributed by atoms with van der Waals surface area (Å²) in [6.45, 7) is 4.59. The molecule has 0 amide bonds. The Morgan fingerprint density at radius 1 is 0.300 bits per heavy atom. The molecule has 121 valence electrons. The first-order chi connectivity index (χ1) is 9.41. The standard InChI is InChI=1S/C19H40.Mn/c1-3-5-7-9-11-13-15-17-19-18-16-14-12-10-8-6-4-2;/h3-19H2,1-2H3;/q;+2. The zero-order valence-corrected chi connectivity index (χ0v) is 15.6. The van der Waals surface area contributed by atoms with Gasteiger partial charge in [-0.05, 0) is 0 Å². The summed E-state index contributed by atoms with van der Waals surface area (Å²) in [6, 6.07) is 0. The van der Waals surface area contributed by atoms with Gasteiger partial charge in [-0.1, -0.05) is 123 Å². The zero-order chi connectivity index (χ0) is 14.0. The Hall–Kier alpha value is 0.519. The Kier molecular flexibility index (Phi) is 24.9. The average Bonchev–Trinajstić information content (AvgIpc) is 2.43. The molecule has 0 aliphatic rings. The second kappa shape index (κ2) is 21.8. The normalized spacial score (nSPS) is 10.5. The molecular weight excluding hydrogens is 283 g/mol. The van der Waals surface area contributed by atoms with Crippen LogP contribution >= 0.6 is 0 Å². The minimum atomic E-state index is 0. The van der Waals surface area contributed by atoms with E-state index in [0.717, 1.165) is 0 Å². The van der Waals surface area contributed by atoms with Crippen LogP contribution in [-0.2, 0) is 17.1 Å². The molecule has 0 aromatic heterocycles. The molecule has 20 heavy (non-hydrogen) atoms. The maximum atomic E-state index is 2.30. The molecule has 0 aromatic carbocycles. The summed E-state index contributed by atoms with van der Waals surface area (Å²) < 4.78 is 0. The second-order valence-electron chi connectivity index (χ2n) is 6.30. The van der Waals surface area contributed by atoms with E-state index in [2.05, 4.69) is 13.8 Å². The van der Waals surface area contributed by atoms with E-state index in [4.69, 9.17) is 0 Å². The number of hydrogen-bond donors (Lipinski definition) is 0. The van der Waals surface area contributed by atoms with Crippen molar-refractivity contribution in [3.05, 3.63) is 0 Å². The molecule has 1 heteroatoms. The third-order valence-electron chi connectivity index (χ3n) is 4.21. The van der Waals surface area contributed by atoms with Gasteiger partial charge in [0, 0.05) is 0 Å². The van der Waals surface area contributed by atoms with Gasteiger partial charge in [-0.25, -0.2) is 0 Å². The molecule has 0 rings (SSSR count). The smallest absolute Gasteiger partial charge is 0.0654 e. The summed E-state index contributed by atoms with van der Waals surface area (Å²) in [5.41, 5.74) is 0. The average molecular weight is 323 g/mol. The van der Waals surface area contributed by atoms with Crippen LogP contribution in [0.2, 0.25) is 0 Å². The third-order valence-corrected chi connectivity index (χ3v) is 4.21. The van der Waals surface area contributed by atoms with E-state index in [1.165, 1.54) is 109 Å². The summed E-state index contributed by atoms with van der Waals surface area (Å²) >= 11 is 0. The Labute approximate surface area is 140 Å². The first-order valence-electron chi connectivity index (χ1n) is 9.41. The minimum Gasteiger partial charge on any atom is -0.0654 e. The van der Waals surface area contributed by atoms with E-state index < -0.39 is 0 Å². The quantitative estimate of drug-likeness (QED) is 0.202. The third kappa shape index (κ3) is 20.8. The molecule has 0 fully saturated rings. The van der Waals surface area contributed by atoms with E-state index in [9.17, 15) is 0 Å². The monoisotopic (exact) mass is 323 g/mol. The van der Waals surface area contributed by atoms with Crippen LogP contribution in [0, 0.1) is 0 Å². The fraction of sp³-hybridized carbons (Fsp3) is 1.00. The van der Waals surface area contributed by atoms with E-state index in [1.807, 2.05) is 0 Å². The van der Waals surface area contributed by atoms with Crippen LogP contribution in [0.3, 0.4) is 0 Å². The first kappa shape index (κ1) is 22.8. The van der Waals surface area contributed by atoms with Crippen LogP contribution in [0.1, 0.15) is 123 Å². The van der Waals surface area contributed by atoms with Crippen LogP contribution in [0.15, 0.2) is 0 Å². The number of rotatable bonds is 16. The van der Waals surface area contributed by atoms with Crippen molar-refractivity contribution in [1.82, 2.24) is 0 Å². The molecule has 0 saturated heterocycles. The molecule has 0 N–H and O–H groups in total. The molecule has 1 radical (unpaired) electrons. The van der Waals surface area contributed by atoms with E-state index in [1.54, 1.807) is 0 Å². The van der Waals surface area contributed by atoms with E-state index in [0.29, 0.717) is 0 Å². The predicted octanol–water partition coefficient (Wildman–Crippen LogP) is 7.66. The predicted molar refractivity (Wildman–Crippen MR) is 89.8 cm³/mol. The van der Waals surface area contributed by atoms with Gasteiger partial charge in [0.2, 0.25) is 0 Å². The van der Waals surface area contributed by atoms with E-state index in [-0.39, 0.29) is 17.1 Å².